The number of nitrogens with zero attached hydrogens (tertiary/aromatic N) is 1. The van der Waals surface area contributed by atoms with Gasteiger partial charge in [-0.05, 0) is 35.6 Å². The van der Waals surface area contributed by atoms with Crippen molar-refractivity contribution in [3.8, 4) is 0 Å². The predicted molar refractivity (Wildman–Crippen MR) is 188 cm³/mol. The number of hydrogen-bond donors (Lipinski definition) is 2. The highest BCUT2D eigenvalue weighted by Gasteiger charge is 2.32. The van der Waals surface area contributed by atoms with Gasteiger partial charge in [-0.3, -0.25) is 28.9 Å². The average molecular weight is 664 g/mol. The minimum absolute atomic E-state index is 0.0439. The number of aromatic amines is 1. The summed E-state index contributed by atoms with van der Waals surface area (Å²) in [6, 6.07) is 25.6. The SMILES string of the molecule is C[C@H](CC(=O)CN1CCOCC1)C(=O)N[C@@H](Cc1c[nH]c2ccccc12)C(=O)C[C@@H](Cc1ccccc1)C(=O)C(=O)CCc1ccccc1. The zero-order valence-corrected chi connectivity index (χ0v) is 28.1. The Hall–Kier alpha value is -4.73. The smallest absolute Gasteiger partial charge is 0.223 e. The van der Waals surface area contributed by atoms with E-state index < -0.39 is 35.4 Å². The van der Waals surface area contributed by atoms with Crippen LogP contribution in [0.4, 0.5) is 0 Å². The number of para-hydroxylation sites is 1. The monoisotopic (exact) mass is 663 g/mol. The summed E-state index contributed by atoms with van der Waals surface area (Å²) < 4.78 is 5.36. The number of hydrogen-bond acceptors (Lipinski definition) is 7. The molecule has 1 fully saturated rings. The van der Waals surface area contributed by atoms with Gasteiger partial charge in [-0.25, -0.2) is 0 Å². The maximum atomic E-state index is 14.2. The lowest BCUT2D eigenvalue weighted by Gasteiger charge is -2.26. The van der Waals surface area contributed by atoms with Crippen LogP contribution in [-0.2, 0) is 48.0 Å². The number of morpholine rings is 1. The number of benzene rings is 3. The summed E-state index contributed by atoms with van der Waals surface area (Å²) in [7, 11) is 0. The molecule has 3 aromatic carbocycles. The maximum Gasteiger partial charge on any atom is 0.223 e. The number of fused-ring (bicyclic) bond motifs is 1. The minimum Gasteiger partial charge on any atom is -0.379 e. The molecule has 0 aliphatic carbocycles. The van der Waals surface area contributed by atoms with Crippen molar-refractivity contribution in [3.63, 3.8) is 0 Å². The van der Waals surface area contributed by atoms with E-state index in [4.69, 9.17) is 4.74 Å². The number of carbonyl (C=O) groups is 5. The molecular weight excluding hydrogens is 618 g/mol. The fourth-order valence-corrected chi connectivity index (χ4v) is 6.38. The fourth-order valence-electron chi connectivity index (χ4n) is 6.38. The van der Waals surface area contributed by atoms with Gasteiger partial charge in [-0.15, -0.1) is 0 Å². The molecule has 0 radical (unpaired) electrons. The second kappa shape index (κ2) is 17.6. The third kappa shape index (κ3) is 10.4. The third-order valence-electron chi connectivity index (χ3n) is 9.19. The van der Waals surface area contributed by atoms with Crippen molar-refractivity contribution in [3.05, 3.63) is 108 Å². The normalized spacial score (nSPS) is 15.3. The molecule has 1 aliphatic rings. The van der Waals surface area contributed by atoms with Crippen molar-refractivity contribution in [2.75, 3.05) is 32.8 Å². The molecule has 0 unspecified atom stereocenters. The Morgan fingerprint density at radius 3 is 2.18 bits per heavy atom. The predicted octanol–water partition coefficient (Wildman–Crippen LogP) is 4.71. The number of rotatable bonds is 18. The molecule has 1 saturated heterocycles. The molecule has 0 saturated carbocycles. The quantitative estimate of drug-likeness (QED) is 0.148. The molecule has 256 valence electrons. The molecule has 0 bridgehead atoms. The van der Waals surface area contributed by atoms with Crippen LogP contribution in [-0.4, -0.2) is 77.8 Å². The average Bonchev–Trinajstić information content (AvgIpc) is 3.53. The summed E-state index contributed by atoms with van der Waals surface area (Å²) >= 11 is 0. The highest BCUT2D eigenvalue weighted by Crippen LogP contribution is 2.22. The first-order chi connectivity index (χ1) is 23.8. The van der Waals surface area contributed by atoms with E-state index in [0.717, 1.165) is 27.6 Å². The van der Waals surface area contributed by atoms with Crippen LogP contribution in [0, 0.1) is 11.8 Å². The van der Waals surface area contributed by atoms with Crippen LogP contribution in [0.1, 0.15) is 42.9 Å². The topological polar surface area (TPSA) is 126 Å². The highest BCUT2D eigenvalue weighted by molar-refractivity contribution is 6.38. The van der Waals surface area contributed by atoms with Gasteiger partial charge in [0.25, 0.3) is 0 Å². The van der Waals surface area contributed by atoms with Gasteiger partial charge in [0.15, 0.2) is 11.6 Å². The van der Waals surface area contributed by atoms with Crippen LogP contribution in [0.3, 0.4) is 0 Å². The van der Waals surface area contributed by atoms with Crippen LogP contribution < -0.4 is 5.32 Å². The van der Waals surface area contributed by atoms with Crippen LogP contribution in [0.2, 0.25) is 0 Å². The number of ether oxygens (including phenoxy) is 1. The van der Waals surface area contributed by atoms with Gasteiger partial charge in [0.05, 0.1) is 25.8 Å². The molecule has 9 nitrogen and oxygen atoms in total. The van der Waals surface area contributed by atoms with Crippen molar-refractivity contribution >= 4 is 39.9 Å². The number of aromatic nitrogens is 1. The van der Waals surface area contributed by atoms with Gasteiger partial charge >= 0.3 is 0 Å². The molecular formula is C40H45N3O6. The van der Waals surface area contributed by atoms with Crippen molar-refractivity contribution in [1.29, 1.82) is 0 Å². The van der Waals surface area contributed by atoms with E-state index in [1.165, 1.54) is 0 Å². The number of nitrogens with one attached hydrogen (secondary N) is 2. The lowest BCUT2D eigenvalue weighted by Crippen LogP contribution is -2.46. The number of ketones is 4. The van der Waals surface area contributed by atoms with E-state index >= 15 is 0 Å². The molecule has 0 spiro atoms. The maximum absolute atomic E-state index is 14.2. The number of carbonyl (C=O) groups excluding carboxylic acids is 5. The minimum atomic E-state index is -0.964. The van der Waals surface area contributed by atoms with Crippen molar-refractivity contribution in [2.45, 2.75) is 51.5 Å². The second-order valence-corrected chi connectivity index (χ2v) is 13.0. The van der Waals surface area contributed by atoms with Crippen LogP contribution in [0.5, 0.6) is 0 Å². The van der Waals surface area contributed by atoms with E-state index in [9.17, 15) is 24.0 Å². The zero-order valence-electron chi connectivity index (χ0n) is 28.1. The molecule has 2 heterocycles. The lowest BCUT2D eigenvalue weighted by atomic mass is 9.85. The molecule has 49 heavy (non-hydrogen) atoms. The number of aryl methyl sites for hydroxylation is 1. The summed E-state index contributed by atoms with van der Waals surface area (Å²) in [5, 5.41) is 3.86. The Morgan fingerprint density at radius 2 is 1.47 bits per heavy atom. The summed E-state index contributed by atoms with van der Waals surface area (Å²) in [6.45, 7) is 4.43. The van der Waals surface area contributed by atoms with E-state index in [0.29, 0.717) is 32.7 Å². The zero-order chi connectivity index (χ0) is 34.6. The van der Waals surface area contributed by atoms with Gasteiger partial charge in [-0.2, -0.15) is 0 Å². The van der Waals surface area contributed by atoms with Gasteiger partial charge in [0.2, 0.25) is 11.7 Å². The number of H-pyrrole nitrogens is 1. The largest absolute Gasteiger partial charge is 0.379 e. The van der Waals surface area contributed by atoms with Gasteiger partial charge < -0.3 is 15.0 Å². The molecule has 1 amide bonds. The first kappa shape index (κ1) is 35.6. The van der Waals surface area contributed by atoms with Gasteiger partial charge in [0.1, 0.15) is 5.78 Å². The first-order valence-corrected chi connectivity index (χ1v) is 17.1. The Bertz CT molecular complexity index is 1730. The van der Waals surface area contributed by atoms with Gasteiger partial charge in [0, 0.05) is 67.7 Å². The summed E-state index contributed by atoms with van der Waals surface area (Å²) in [6.07, 6.45) is 2.56. The number of Topliss-reactive ketones (excluding diaryl/α,β-unsaturated/α-hetero) is 4. The first-order valence-electron chi connectivity index (χ1n) is 17.1. The van der Waals surface area contributed by atoms with Crippen molar-refractivity contribution in [2.24, 2.45) is 11.8 Å². The number of amides is 1. The Kier molecular flexibility index (Phi) is 12.8. The van der Waals surface area contributed by atoms with Crippen LogP contribution in [0.15, 0.2) is 91.1 Å². The van der Waals surface area contributed by atoms with Gasteiger partial charge in [-0.1, -0.05) is 85.8 Å². The molecule has 1 aliphatic heterocycles. The summed E-state index contributed by atoms with van der Waals surface area (Å²) in [4.78, 5) is 72.7. The summed E-state index contributed by atoms with van der Waals surface area (Å²) in [5.74, 6) is -3.42. The van der Waals surface area contributed by atoms with E-state index in [1.807, 2.05) is 96.0 Å². The van der Waals surface area contributed by atoms with Crippen LogP contribution in [0.25, 0.3) is 10.9 Å². The molecule has 2 N–H and O–H groups in total. The van der Waals surface area contributed by atoms with Crippen molar-refractivity contribution in [1.82, 2.24) is 15.2 Å². The molecule has 9 heteroatoms. The molecule has 5 rings (SSSR count). The Labute approximate surface area is 287 Å². The second-order valence-electron chi connectivity index (χ2n) is 13.0. The van der Waals surface area contributed by atoms with Crippen LogP contribution >= 0.6 is 0 Å². The molecule has 3 atom stereocenters. The van der Waals surface area contributed by atoms with E-state index in [1.54, 1.807) is 6.92 Å². The standard InChI is InChI=1S/C40H45N3O6/c1-28(22-33(44)27-43-18-20-49-21-19-43)40(48)42-36(24-32-26-41-35-15-9-8-14-34(32)35)38(46)25-31(23-30-12-6-3-7-13-30)39(47)37(45)17-16-29-10-4-2-5-11-29/h2-15,26,28,31,36,41H,16-25,27H2,1H3,(H,42,48)/t28-,31-,36+/m1/s1. The lowest BCUT2D eigenvalue weighted by molar-refractivity contribution is -0.140. The third-order valence-corrected chi connectivity index (χ3v) is 9.19. The van der Waals surface area contributed by atoms with E-state index in [2.05, 4.69) is 10.3 Å². The van der Waals surface area contributed by atoms with E-state index in [-0.39, 0.29) is 50.2 Å². The summed E-state index contributed by atoms with van der Waals surface area (Å²) in [5.41, 5.74) is 3.54. The highest BCUT2D eigenvalue weighted by atomic mass is 16.5. The fraction of sp³-hybridized carbons (Fsp3) is 0.375. The Balaban J connectivity index is 1.32. The molecule has 1 aromatic heterocycles. The Morgan fingerprint density at radius 1 is 0.816 bits per heavy atom. The molecule has 4 aromatic rings. The van der Waals surface area contributed by atoms with Crippen molar-refractivity contribution < 1.29 is 28.7 Å².